The van der Waals surface area contributed by atoms with Crippen molar-refractivity contribution in [3.8, 4) is 17.2 Å². The quantitative estimate of drug-likeness (QED) is 0.0568. The standard InChI is InChI=1S/C29H28O6/c1-5-28(30)35-27-18-12-24(13-19-27)29(4,22-8-14-25(15-9-22)33-20-31-6-2)23-10-16-26(17-11-23)34-21-32-7-3/h5-19H,1-3,20-21H2,4H3. The second kappa shape index (κ2) is 12.1. The first-order chi connectivity index (χ1) is 17.0. The molecule has 6 heteroatoms. The summed E-state index contributed by atoms with van der Waals surface area (Å²) in [6, 6.07) is 23.0. The Morgan fingerprint density at radius 1 is 0.686 bits per heavy atom. The number of hydrogen-bond acceptors (Lipinski definition) is 6. The summed E-state index contributed by atoms with van der Waals surface area (Å²) in [7, 11) is 0. The number of carbonyl (C=O) groups is 1. The van der Waals surface area contributed by atoms with Crippen molar-refractivity contribution in [3.05, 3.63) is 128 Å². The third kappa shape index (κ3) is 6.32. The van der Waals surface area contributed by atoms with Gasteiger partial charge in [0.05, 0.1) is 12.5 Å². The molecule has 3 aromatic carbocycles. The predicted octanol–water partition coefficient (Wildman–Crippen LogP) is 6.13. The maximum Gasteiger partial charge on any atom is 0.335 e. The molecule has 180 valence electrons. The third-order valence-corrected chi connectivity index (χ3v) is 5.50. The van der Waals surface area contributed by atoms with E-state index >= 15 is 0 Å². The normalized spacial score (nSPS) is 10.5. The summed E-state index contributed by atoms with van der Waals surface area (Å²) in [5, 5.41) is 0. The first kappa shape index (κ1) is 25.2. The minimum Gasteiger partial charge on any atom is -0.466 e. The van der Waals surface area contributed by atoms with E-state index in [1.165, 1.54) is 12.5 Å². The zero-order chi connectivity index (χ0) is 25.1. The number of ether oxygens (including phenoxy) is 5. The zero-order valence-corrected chi connectivity index (χ0v) is 19.6. The van der Waals surface area contributed by atoms with Crippen LogP contribution < -0.4 is 14.2 Å². The van der Waals surface area contributed by atoms with Crippen molar-refractivity contribution in [2.45, 2.75) is 12.3 Å². The van der Waals surface area contributed by atoms with Gasteiger partial charge in [0.1, 0.15) is 17.2 Å². The lowest BCUT2D eigenvalue weighted by molar-refractivity contribution is -0.128. The Morgan fingerprint density at radius 2 is 1.06 bits per heavy atom. The van der Waals surface area contributed by atoms with Crippen LogP contribution in [0.2, 0.25) is 0 Å². The van der Waals surface area contributed by atoms with Gasteiger partial charge in [0, 0.05) is 11.5 Å². The van der Waals surface area contributed by atoms with E-state index in [1.807, 2.05) is 60.7 Å². The van der Waals surface area contributed by atoms with E-state index in [1.54, 1.807) is 12.1 Å². The molecule has 0 aliphatic heterocycles. The van der Waals surface area contributed by atoms with Crippen LogP contribution in [0.5, 0.6) is 17.2 Å². The first-order valence-corrected chi connectivity index (χ1v) is 10.9. The SMILES string of the molecule is C=COCOc1ccc(C(C)(c2ccc(OCOC=C)cc2)c2ccc(OC(=O)C=C)cc2)cc1. The van der Waals surface area contributed by atoms with Crippen molar-refractivity contribution in [1.29, 1.82) is 0 Å². The van der Waals surface area contributed by atoms with Crippen LogP contribution in [0.1, 0.15) is 23.6 Å². The van der Waals surface area contributed by atoms with E-state index in [0.717, 1.165) is 22.8 Å². The Kier molecular flexibility index (Phi) is 8.73. The average molecular weight is 473 g/mol. The van der Waals surface area contributed by atoms with Crippen LogP contribution in [-0.2, 0) is 19.7 Å². The second-order valence-corrected chi connectivity index (χ2v) is 7.51. The highest BCUT2D eigenvalue weighted by molar-refractivity contribution is 5.83. The molecule has 0 aromatic heterocycles. The van der Waals surface area contributed by atoms with Crippen LogP contribution in [-0.4, -0.2) is 19.6 Å². The molecule has 0 spiro atoms. The number of hydrogen-bond donors (Lipinski definition) is 0. The van der Waals surface area contributed by atoms with Gasteiger partial charge >= 0.3 is 5.97 Å². The predicted molar refractivity (Wildman–Crippen MR) is 134 cm³/mol. The Labute approximate surface area is 205 Å². The molecule has 35 heavy (non-hydrogen) atoms. The zero-order valence-electron chi connectivity index (χ0n) is 19.6. The number of esters is 1. The molecule has 0 fully saturated rings. The van der Waals surface area contributed by atoms with Gasteiger partial charge in [-0.3, -0.25) is 0 Å². The summed E-state index contributed by atoms with van der Waals surface area (Å²) < 4.78 is 26.5. The highest BCUT2D eigenvalue weighted by atomic mass is 16.7. The molecule has 0 heterocycles. The van der Waals surface area contributed by atoms with Gasteiger partial charge in [-0.1, -0.05) is 56.1 Å². The van der Waals surface area contributed by atoms with Crippen molar-refractivity contribution in [2.75, 3.05) is 13.6 Å². The smallest absolute Gasteiger partial charge is 0.335 e. The molecule has 0 radical (unpaired) electrons. The van der Waals surface area contributed by atoms with Crippen LogP contribution in [0.4, 0.5) is 0 Å². The fourth-order valence-corrected chi connectivity index (χ4v) is 3.58. The lowest BCUT2D eigenvalue weighted by Crippen LogP contribution is -2.25. The van der Waals surface area contributed by atoms with Gasteiger partial charge in [0.15, 0.2) is 0 Å². The van der Waals surface area contributed by atoms with Gasteiger partial charge in [-0.2, -0.15) is 0 Å². The molecule has 3 rings (SSSR count). The van der Waals surface area contributed by atoms with Crippen molar-refractivity contribution >= 4 is 5.97 Å². The van der Waals surface area contributed by atoms with E-state index in [9.17, 15) is 4.79 Å². The molecule has 0 aliphatic rings. The van der Waals surface area contributed by atoms with Gasteiger partial charge in [-0.25, -0.2) is 4.79 Å². The second-order valence-electron chi connectivity index (χ2n) is 7.51. The van der Waals surface area contributed by atoms with Crippen molar-refractivity contribution in [3.63, 3.8) is 0 Å². The molecule has 0 saturated heterocycles. The summed E-state index contributed by atoms with van der Waals surface area (Å²) in [4.78, 5) is 11.6. The molecule has 0 bridgehead atoms. The summed E-state index contributed by atoms with van der Waals surface area (Å²) >= 11 is 0. The van der Waals surface area contributed by atoms with Crippen LogP contribution in [0.25, 0.3) is 0 Å². The van der Waals surface area contributed by atoms with E-state index in [4.69, 9.17) is 23.7 Å². The molecule has 0 N–H and O–H groups in total. The van der Waals surface area contributed by atoms with Gasteiger partial charge in [0.25, 0.3) is 0 Å². The first-order valence-electron chi connectivity index (χ1n) is 10.9. The number of carbonyl (C=O) groups excluding carboxylic acids is 1. The van der Waals surface area contributed by atoms with E-state index < -0.39 is 11.4 Å². The fraction of sp³-hybridized carbons (Fsp3) is 0.138. The Morgan fingerprint density at radius 3 is 1.40 bits per heavy atom. The summed E-state index contributed by atoms with van der Waals surface area (Å²) in [6.45, 7) is 12.7. The molecule has 0 unspecified atom stereocenters. The number of benzene rings is 3. The molecule has 6 nitrogen and oxygen atoms in total. The minimum atomic E-state index is -0.534. The minimum absolute atomic E-state index is 0.0854. The van der Waals surface area contributed by atoms with Crippen molar-refractivity contribution in [2.24, 2.45) is 0 Å². The van der Waals surface area contributed by atoms with Crippen LogP contribution in [0.15, 0.2) is 111 Å². The van der Waals surface area contributed by atoms with Gasteiger partial charge in [0.2, 0.25) is 13.6 Å². The summed E-state index contributed by atoms with van der Waals surface area (Å²) in [5.74, 6) is 1.29. The molecule has 3 aromatic rings. The number of rotatable bonds is 13. The summed E-state index contributed by atoms with van der Waals surface area (Å²) in [5.41, 5.74) is 2.54. The maximum atomic E-state index is 11.6. The van der Waals surface area contributed by atoms with E-state index in [2.05, 4.69) is 26.7 Å². The monoisotopic (exact) mass is 472 g/mol. The Balaban J connectivity index is 1.96. The lowest BCUT2D eigenvalue weighted by atomic mass is 9.71. The third-order valence-electron chi connectivity index (χ3n) is 5.50. The molecule has 0 saturated carbocycles. The molecule has 0 aliphatic carbocycles. The van der Waals surface area contributed by atoms with Gasteiger partial charge < -0.3 is 23.7 Å². The van der Waals surface area contributed by atoms with Crippen molar-refractivity contribution < 1.29 is 28.5 Å². The molecule has 0 amide bonds. The van der Waals surface area contributed by atoms with Gasteiger partial charge in [-0.15, -0.1) is 0 Å². The van der Waals surface area contributed by atoms with Crippen LogP contribution in [0.3, 0.4) is 0 Å². The molecular formula is C29H28O6. The Bertz CT molecular complexity index is 1070. The Hall–Kier alpha value is -4.45. The maximum absolute atomic E-state index is 11.6. The average Bonchev–Trinajstić information content (AvgIpc) is 2.89. The van der Waals surface area contributed by atoms with E-state index in [0.29, 0.717) is 17.2 Å². The lowest BCUT2D eigenvalue weighted by Gasteiger charge is -2.32. The van der Waals surface area contributed by atoms with E-state index in [-0.39, 0.29) is 13.6 Å². The van der Waals surface area contributed by atoms with Crippen LogP contribution >= 0.6 is 0 Å². The van der Waals surface area contributed by atoms with Crippen molar-refractivity contribution in [1.82, 2.24) is 0 Å². The topological polar surface area (TPSA) is 63.2 Å². The fourth-order valence-electron chi connectivity index (χ4n) is 3.58. The highest BCUT2D eigenvalue weighted by Crippen LogP contribution is 2.40. The summed E-state index contributed by atoms with van der Waals surface area (Å²) in [6.07, 6.45) is 3.79. The molecular weight excluding hydrogens is 444 g/mol. The largest absolute Gasteiger partial charge is 0.466 e. The molecule has 0 atom stereocenters. The highest BCUT2D eigenvalue weighted by Gasteiger charge is 2.31. The van der Waals surface area contributed by atoms with Crippen LogP contribution in [0, 0.1) is 0 Å². The van der Waals surface area contributed by atoms with Gasteiger partial charge in [-0.05, 0) is 60.0 Å².